The van der Waals surface area contributed by atoms with Gasteiger partial charge in [0.25, 0.3) is 11.8 Å². The summed E-state index contributed by atoms with van der Waals surface area (Å²) >= 11 is 6.22. The number of imide groups is 2. The first-order chi connectivity index (χ1) is 18.3. The van der Waals surface area contributed by atoms with E-state index in [4.69, 9.17) is 16.3 Å². The summed E-state index contributed by atoms with van der Waals surface area (Å²) in [4.78, 5) is 39.6. The largest absolute Gasteiger partial charge is 0.494 e. The van der Waals surface area contributed by atoms with Crippen molar-refractivity contribution in [2.75, 3.05) is 11.5 Å². The van der Waals surface area contributed by atoms with Crippen LogP contribution in [0.5, 0.6) is 5.75 Å². The van der Waals surface area contributed by atoms with Gasteiger partial charge in [-0.15, -0.1) is 0 Å². The molecule has 4 aromatic rings. The summed E-state index contributed by atoms with van der Waals surface area (Å²) in [6, 6.07) is 19.8. The monoisotopic (exact) mass is 527 g/mol. The third kappa shape index (κ3) is 5.06. The fraction of sp³-hybridized carbons (Fsp3) is 0.167. The number of aryl methyl sites for hydroxylation is 3. The number of fused-ring (bicyclic) bond motifs is 1. The maximum absolute atomic E-state index is 13.4. The van der Waals surface area contributed by atoms with Crippen LogP contribution in [0.1, 0.15) is 23.1 Å². The molecule has 38 heavy (non-hydrogen) atoms. The van der Waals surface area contributed by atoms with Gasteiger partial charge in [-0.2, -0.15) is 0 Å². The van der Waals surface area contributed by atoms with Crippen molar-refractivity contribution in [3.05, 3.63) is 100 Å². The van der Waals surface area contributed by atoms with E-state index in [9.17, 15) is 14.4 Å². The van der Waals surface area contributed by atoms with Crippen molar-refractivity contribution in [2.45, 2.75) is 26.8 Å². The van der Waals surface area contributed by atoms with Crippen LogP contribution in [-0.4, -0.2) is 29.0 Å². The van der Waals surface area contributed by atoms with Crippen LogP contribution in [0.15, 0.2) is 78.5 Å². The zero-order valence-electron chi connectivity index (χ0n) is 21.0. The number of rotatable bonds is 7. The molecular formula is C30H26ClN3O4. The summed E-state index contributed by atoms with van der Waals surface area (Å²) < 4.78 is 7.94. The van der Waals surface area contributed by atoms with E-state index in [1.165, 1.54) is 17.7 Å². The summed E-state index contributed by atoms with van der Waals surface area (Å²) in [6.45, 7) is 5.08. The molecule has 2 heterocycles. The number of para-hydroxylation sites is 1. The van der Waals surface area contributed by atoms with E-state index in [2.05, 4.69) is 9.88 Å². The Morgan fingerprint density at radius 1 is 0.974 bits per heavy atom. The van der Waals surface area contributed by atoms with Crippen molar-refractivity contribution < 1.29 is 19.1 Å². The van der Waals surface area contributed by atoms with E-state index >= 15 is 0 Å². The Kier molecular flexibility index (Phi) is 7.03. The highest BCUT2D eigenvalue weighted by Crippen LogP contribution is 2.29. The Bertz CT molecular complexity index is 1590. The summed E-state index contributed by atoms with van der Waals surface area (Å²) in [5.41, 5.74) is 3.82. The third-order valence-electron chi connectivity index (χ3n) is 6.47. The zero-order chi connectivity index (χ0) is 26.8. The van der Waals surface area contributed by atoms with Gasteiger partial charge in [0.1, 0.15) is 11.3 Å². The molecule has 192 valence electrons. The zero-order valence-corrected chi connectivity index (χ0v) is 21.8. The second-order valence-corrected chi connectivity index (χ2v) is 9.61. The van der Waals surface area contributed by atoms with Crippen molar-refractivity contribution in [1.29, 1.82) is 0 Å². The number of hydrogen-bond acceptors (Lipinski definition) is 4. The molecule has 0 radical (unpaired) electrons. The van der Waals surface area contributed by atoms with Gasteiger partial charge in [-0.1, -0.05) is 53.6 Å². The molecule has 3 aromatic carbocycles. The second-order valence-electron chi connectivity index (χ2n) is 9.20. The van der Waals surface area contributed by atoms with Crippen LogP contribution < -0.4 is 15.0 Å². The summed E-state index contributed by atoms with van der Waals surface area (Å²) in [6.07, 6.45) is 4.21. The lowest BCUT2D eigenvalue weighted by Gasteiger charge is -2.26. The lowest BCUT2D eigenvalue weighted by molar-refractivity contribution is -0.122. The molecule has 0 aliphatic carbocycles. The molecular weight excluding hydrogens is 502 g/mol. The Morgan fingerprint density at radius 2 is 1.74 bits per heavy atom. The number of barbiturate groups is 1. The highest BCUT2D eigenvalue weighted by atomic mass is 35.5. The average molecular weight is 528 g/mol. The van der Waals surface area contributed by atoms with Crippen LogP contribution >= 0.6 is 11.6 Å². The molecule has 4 amide bonds. The molecule has 0 bridgehead atoms. The first kappa shape index (κ1) is 25.3. The van der Waals surface area contributed by atoms with Gasteiger partial charge < -0.3 is 9.30 Å². The molecule has 1 aromatic heterocycles. The minimum atomic E-state index is -0.812. The lowest BCUT2D eigenvalue weighted by atomic mass is 10.1. The van der Waals surface area contributed by atoms with Crippen molar-refractivity contribution in [1.82, 2.24) is 9.88 Å². The van der Waals surface area contributed by atoms with E-state index in [0.717, 1.165) is 33.5 Å². The van der Waals surface area contributed by atoms with Crippen LogP contribution in [0, 0.1) is 13.8 Å². The van der Waals surface area contributed by atoms with Crippen LogP contribution in [0.2, 0.25) is 5.02 Å². The fourth-order valence-electron chi connectivity index (χ4n) is 4.40. The van der Waals surface area contributed by atoms with E-state index in [1.54, 1.807) is 12.1 Å². The fourth-order valence-corrected chi connectivity index (χ4v) is 4.58. The lowest BCUT2D eigenvalue weighted by Crippen LogP contribution is -2.54. The number of hydrogen-bond donors (Lipinski definition) is 1. The smallest absolute Gasteiger partial charge is 0.335 e. The van der Waals surface area contributed by atoms with Gasteiger partial charge in [0, 0.05) is 34.2 Å². The number of nitrogens with zero attached hydrogens (tertiary/aromatic N) is 2. The molecule has 0 saturated carbocycles. The van der Waals surface area contributed by atoms with Gasteiger partial charge in [-0.25, -0.2) is 9.69 Å². The number of urea groups is 1. The highest BCUT2D eigenvalue weighted by Gasteiger charge is 2.37. The molecule has 0 atom stereocenters. The molecule has 1 N–H and O–H groups in total. The predicted molar refractivity (Wildman–Crippen MR) is 148 cm³/mol. The number of anilines is 1. The van der Waals surface area contributed by atoms with Crippen LogP contribution in [0.25, 0.3) is 17.0 Å². The molecule has 1 aliphatic heterocycles. The van der Waals surface area contributed by atoms with Crippen LogP contribution in [-0.2, 0) is 16.1 Å². The Labute approximate surface area is 225 Å². The number of carbonyl (C=O) groups is 3. The van der Waals surface area contributed by atoms with Crippen molar-refractivity contribution >= 4 is 52.1 Å². The predicted octanol–water partition coefficient (Wildman–Crippen LogP) is 6.05. The van der Waals surface area contributed by atoms with Crippen molar-refractivity contribution in [3.8, 4) is 5.75 Å². The van der Waals surface area contributed by atoms with Gasteiger partial charge in [0.05, 0.1) is 12.3 Å². The molecule has 1 saturated heterocycles. The van der Waals surface area contributed by atoms with Gasteiger partial charge in [0.2, 0.25) is 0 Å². The average Bonchev–Trinajstić information content (AvgIpc) is 3.25. The molecule has 7 nitrogen and oxygen atoms in total. The molecule has 5 rings (SSSR count). The maximum atomic E-state index is 13.4. The quantitative estimate of drug-likeness (QED) is 0.180. The number of benzene rings is 3. The van der Waals surface area contributed by atoms with Gasteiger partial charge in [-0.3, -0.25) is 14.9 Å². The first-order valence-electron chi connectivity index (χ1n) is 12.3. The Balaban J connectivity index is 1.40. The van der Waals surface area contributed by atoms with E-state index in [1.807, 2.05) is 68.6 Å². The van der Waals surface area contributed by atoms with E-state index < -0.39 is 17.8 Å². The normalized spacial score (nSPS) is 14.9. The number of aromatic nitrogens is 1. The number of amides is 4. The molecule has 0 unspecified atom stereocenters. The standard InChI is InChI=1S/C30H26ClN3O4/c1-19-8-12-23(13-9-19)38-15-5-14-33-18-21(24-6-3-4-7-27(24)33)16-25-28(35)32-30(37)34(29(25)36)22-11-10-20(2)26(31)17-22/h3-4,6-13,16-18H,5,14-15H2,1-2H3,(H,32,35,37). The Hall–Kier alpha value is -4.36. The van der Waals surface area contributed by atoms with E-state index in [0.29, 0.717) is 23.7 Å². The van der Waals surface area contributed by atoms with Crippen LogP contribution in [0.3, 0.4) is 0 Å². The summed E-state index contributed by atoms with van der Waals surface area (Å²) in [5.74, 6) is -0.617. The Morgan fingerprint density at radius 3 is 2.50 bits per heavy atom. The molecule has 0 spiro atoms. The van der Waals surface area contributed by atoms with Gasteiger partial charge in [0.15, 0.2) is 0 Å². The minimum Gasteiger partial charge on any atom is -0.494 e. The van der Waals surface area contributed by atoms with Crippen LogP contribution in [0.4, 0.5) is 10.5 Å². The number of ether oxygens (including phenoxy) is 1. The van der Waals surface area contributed by atoms with Crippen molar-refractivity contribution in [2.24, 2.45) is 0 Å². The molecule has 8 heteroatoms. The maximum Gasteiger partial charge on any atom is 0.335 e. The molecule has 1 fully saturated rings. The van der Waals surface area contributed by atoms with Crippen molar-refractivity contribution in [3.63, 3.8) is 0 Å². The summed E-state index contributed by atoms with van der Waals surface area (Å²) in [5, 5.41) is 3.58. The molecule has 1 aliphatic rings. The van der Waals surface area contributed by atoms with Gasteiger partial charge >= 0.3 is 6.03 Å². The summed E-state index contributed by atoms with van der Waals surface area (Å²) in [7, 11) is 0. The second kappa shape index (κ2) is 10.6. The number of carbonyl (C=O) groups excluding carboxylic acids is 3. The minimum absolute atomic E-state index is 0.132. The number of nitrogens with one attached hydrogen (secondary N) is 1. The third-order valence-corrected chi connectivity index (χ3v) is 6.87. The van der Waals surface area contributed by atoms with Gasteiger partial charge in [-0.05, 0) is 62.2 Å². The first-order valence-corrected chi connectivity index (χ1v) is 12.6. The SMILES string of the molecule is Cc1ccc(OCCCn2cc(C=C3C(=O)NC(=O)N(c4ccc(C)c(Cl)c4)C3=O)c3ccccc32)cc1. The van der Waals surface area contributed by atoms with E-state index in [-0.39, 0.29) is 11.3 Å². The highest BCUT2D eigenvalue weighted by molar-refractivity contribution is 6.39. The number of halogens is 1. The topological polar surface area (TPSA) is 80.6 Å².